The quantitative estimate of drug-likeness (QED) is 0.527. The lowest BCUT2D eigenvalue weighted by Crippen LogP contribution is -2.15. The molecular weight excluding hydrogens is 138 g/mol. The number of nitrogens with two attached hydrogens (primary N) is 1. The van der Waals surface area contributed by atoms with Gasteiger partial charge < -0.3 is 10.8 Å². The smallest absolute Gasteiger partial charge is 0.0494 e. The average molecular weight is 150 g/mol. The molecule has 0 fully saturated rings. The second-order valence-corrected chi connectivity index (χ2v) is 2.23. The fourth-order valence-corrected chi connectivity index (χ4v) is 0.942. The molecule has 0 aromatic rings. The van der Waals surface area contributed by atoms with Crippen molar-refractivity contribution in [2.75, 3.05) is 6.61 Å². The lowest BCUT2D eigenvalue weighted by molar-refractivity contribution is 0.249. The molecule has 0 spiro atoms. The first kappa shape index (κ1) is 8.95. The van der Waals surface area contributed by atoms with Crippen LogP contribution in [0.15, 0.2) is 12.2 Å². The van der Waals surface area contributed by atoms with Gasteiger partial charge in [-0.3, -0.25) is 0 Å². The number of hydrogen-bond acceptors (Lipinski definition) is 2. The fraction of sp³-hybridized carbons (Fsp3) is 0.667. The number of halogens is 1. The van der Waals surface area contributed by atoms with Crippen molar-refractivity contribution in [1.82, 2.24) is 0 Å². The van der Waals surface area contributed by atoms with E-state index in [1.165, 1.54) is 0 Å². The monoisotopic (exact) mass is 149 g/mol. The van der Waals surface area contributed by atoms with E-state index in [1.54, 1.807) is 0 Å². The summed E-state index contributed by atoms with van der Waals surface area (Å²) in [4.78, 5) is 0. The summed E-state index contributed by atoms with van der Waals surface area (Å²) < 4.78 is 0. The SMILES string of the molecule is Cl.N[C@H]1C=C[C@H](CO)C1. The van der Waals surface area contributed by atoms with Crippen molar-refractivity contribution in [3.8, 4) is 0 Å². The first-order valence-electron chi connectivity index (χ1n) is 2.87. The van der Waals surface area contributed by atoms with Gasteiger partial charge in [0, 0.05) is 18.6 Å². The van der Waals surface area contributed by atoms with Gasteiger partial charge in [0.1, 0.15) is 0 Å². The minimum atomic E-state index is 0. The summed E-state index contributed by atoms with van der Waals surface area (Å²) in [6.07, 6.45) is 4.84. The second kappa shape index (κ2) is 3.88. The van der Waals surface area contributed by atoms with Crippen molar-refractivity contribution >= 4 is 12.4 Å². The van der Waals surface area contributed by atoms with Crippen LogP contribution in [0.1, 0.15) is 6.42 Å². The molecule has 0 heterocycles. The summed E-state index contributed by atoms with van der Waals surface area (Å²) >= 11 is 0. The van der Waals surface area contributed by atoms with Crippen molar-refractivity contribution < 1.29 is 5.11 Å². The Morgan fingerprint density at radius 3 is 2.44 bits per heavy atom. The van der Waals surface area contributed by atoms with E-state index in [2.05, 4.69) is 0 Å². The maximum absolute atomic E-state index is 8.58. The Hall–Kier alpha value is -0.0500. The highest BCUT2D eigenvalue weighted by molar-refractivity contribution is 5.85. The summed E-state index contributed by atoms with van der Waals surface area (Å²) in [7, 11) is 0. The standard InChI is InChI=1S/C6H11NO.ClH/c7-6-2-1-5(3-6)4-8;/h1-2,5-6,8H,3-4,7H2;1H/t5-,6-;/m0./s1. The van der Waals surface area contributed by atoms with Crippen LogP contribution in [0.5, 0.6) is 0 Å². The molecule has 0 aromatic heterocycles. The van der Waals surface area contributed by atoms with Crippen LogP contribution >= 0.6 is 12.4 Å². The van der Waals surface area contributed by atoms with Gasteiger partial charge in [-0.15, -0.1) is 12.4 Å². The van der Waals surface area contributed by atoms with Crippen LogP contribution in [-0.2, 0) is 0 Å². The molecule has 0 aliphatic heterocycles. The second-order valence-electron chi connectivity index (χ2n) is 2.23. The van der Waals surface area contributed by atoms with E-state index < -0.39 is 0 Å². The fourth-order valence-electron chi connectivity index (χ4n) is 0.942. The third kappa shape index (κ3) is 2.35. The molecule has 0 bridgehead atoms. The Morgan fingerprint density at radius 1 is 1.56 bits per heavy atom. The van der Waals surface area contributed by atoms with Gasteiger partial charge in [-0.05, 0) is 6.42 Å². The summed E-state index contributed by atoms with van der Waals surface area (Å²) in [6, 6.07) is 0.187. The molecule has 1 aliphatic carbocycles. The van der Waals surface area contributed by atoms with Crippen LogP contribution < -0.4 is 5.73 Å². The molecule has 1 rings (SSSR count). The van der Waals surface area contributed by atoms with E-state index in [4.69, 9.17) is 10.8 Å². The first-order valence-corrected chi connectivity index (χ1v) is 2.87. The highest BCUT2D eigenvalue weighted by Gasteiger charge is 2.13. The molecule has 0 amide bonds. The highest BCUT2D eigenvalue weighted by Crippen LogP contribution is 2.14. The van der Waals surface area contributed by atoms with Gasteiger partial charge in [0.25, 0.3) is 0 Å². The Labute approximate surface area is 61.2 Å². The summed E-state index contributed by atoms with van der Waals surface area (Å²) in [5.41, 5.74) is 5.50. The number of hydrogen-bond donors (Lipinski definition) is 2. The molecule has 2 nitrogen and oxygen atoms in total. The molecule has 1 aliphatic rings. The summed E-state index contributed by atoms with van der Waals surface area (Å²) in [6.45, 7) is 0.240. The van der Waals surface area contributed by atoms with E-state index in [0.29, 0.717) is 5.92 Å². The molecular formula is C6H12ClNO. The maximum atomic E-state index is 8.58. The Balaban J connectivity index is 0.000000640. The normalized spacial score (nSPS) is 32.2. The third-order valence-electron chi connectivity index (χ3n) is 1.44. The van der Waals surface area contributed by atoms with Crippen LogP contribution in [0, 0.1) is 5.92 Å². The minimum Gasteiger partial charge on any atom is -0.396 e. The van der Waals surface area contributed by atoms with E-state index in [-0.39, 0.29) is 25.1 Å². The predicted octanol–water partition coefficient (Wildman–Crippen LogP) is 0.304. The van der Waals surface area contributed by atoms with E-state index in [1.807, 2.05) is 12.2 Å². The first-order chi connectivity index (χ1) is 3.83. The zero-order chi connectivity index (χ0) is 5.98. The van der Waals surface area contributed by atoms with Gasteiger partial charge in [-0.1, -0.05) is 12.2 Å². The Morgan fingerprint density at radius 2 is 2.22 bits per heavy atom. The molecule has 3 N–H and O–H groups in total. The Kier molecular flexibility index (Phi) is 3.86. The van der Waals surface area contributed by atoms with Crippen LogP contribution in [-0.4, -0.2) is 17.8 Å². The van der Waals surface area contributed by atoms with Gasteiger partial charge in [0.2, 0.25) is 0 Å². The average Bonchev–Trinajstić information content (AvgIpc) is 2.14. The van der Waals surface area contributed by atoms with Crippen LogP contribution in [0.25, 0.3) is 0 Å². The zero-order valence-corrected chi connectivity index (χ0v) is 5.97. The van der Waals surface area contributed by atoms with Crippen molar-refractivity contribution in [2.45, 2.75) is 12.5 Å². The predicted molar refractivity (Wildman–Crippen MR) is 39.6 cm³/mol. The van der Waals surface area contributed by atoms with Crippen LogP contribution in [0.3, 0.4) is 0 Å². The topological polar surface area (TPSA) is 46.2 Å². The largest absolute Gasteiger partial charge is 0.396 e. The number of aliphatic hydroxyl groups excluding tert-OH is 1. The van der Waals surface area contributed by atoms with Crippen molar-refractivity contribution in [1.29, 1.82) is 0 Å². The molecule has 0 saturated heterocycles. The third-order valence-corrected chi connectivity index (χ3v) is 1.44. The molecule has 2 atom stereocenters. The van der Waals surface area contributed by atoms with E-state index in [9.17, 15) is 0 Å². The van der Waals surface area contributed by atoms with Crippen LogP contribution in [0.4, 0.5) is 0 Å². The van der Waals surface area contributed by atoms with E-state index in [0.717, 1.165) is 6.42 Å². The minimum absolute atomic E-state index is 0. The maximum Gasteiger partial charge on any atom is 0.0494 e. The van der Waals surface area contributed by atoms with Crippen LogP contribution in [0.2, 0.25) is 0 Å². The molecule has 0 saturated carbocycles. The molecule has 0 unspecified atom stereocenters. The van der Waals surface area contributed by atoms with Gasteiger partial charge in [-0.25, -0.2) is 0 Å². The van der Waals surface area contributed by atoms with Crippen molar-refractivity contribution in [3.05, 3.63) is 12.2 Å². The summed E-state index contributed by atoms with van der Waals surface area (Å²) in [5, 5.41) is 8.58. The van der Waals surface area contributed by atoms with Gasteiger partial charge in [-0.2, -0.15) is 0 Å². The molecule has 9 heavy (non-hydrogen) atoms. The van der Waals surface area contributed by atoms with E-state index >= 15 is 0 Å². The Bertz CT molecular complexity index is 105. The molecule has 3 heteroatoms. The number of aliphatic hydroxyl groups is 1. The zero-order valence-electron chi connectivity index (χ0n) is 5.16. The number of rotatable bonds is 1. The van der Waals surface area contributed by atoms with Crippen molar-refractivity contribution in [3.63, 3.8) is 0 Å². The molecule has 0 aromatic carbocycles. The lowest BCUT2D eigenvalue weighted by atomic mass is 10.1. The van der Waals surface area contributed by atoms with Crippen molar-refractivity contribution in [2.24, 2.45) is 11.7 Å². The lowest BCUT2D eigenvalue weighted by Gasteiger charge is -2.02. The summed E-state index contributed by atoms with van der Waals surface area (Å²) in [5.74, 6) is 0.324. The highest BCUT2D eigenvalue weighted by atomic mass is 35.5. The van der Waals surface area contributed by atoms with Gasteiger partial charge in [0.05, 0.1) is 0 Å². The molecule has 0 radical (unpaired) electrons. The van der Waals surface area contributed by atoms with Gasteiger partial charge in [0.15, 0.2) is 0 Å². The van der Waals surface area contributed by atoms with Gasteiger partial charge >= 0.3 is 0 Å². The molecule has 54 valence electrons.